The van der Waals surface area contributed by atoms with Gasteiger partial charge in [0.15, 0.2) is 5.82 Å². The van der Waals surface area contributed by atoms with Gasteiger partial charge in [0.05, 0.1) is 10.7 Å². The monoisotopic (exact) mass is 290 g/mol. The number of nitrogen functional groups attached to an aromatic ring is 1. The maximum atomic E-state index is 6.13. The summed E-state index contributed by atoms with van der Waals surface area (Å²) in [4.78, 5) is 0. The third-order valence-electron chi connectivity index (χ3n) is 4.10. The van der Waals surface area contributed by atoms with Gasteiger partial charge in [-0.25, -0.2) is 0 Å². The molecule has 1 aliphatic carbocycles. The zero-order valence-electron chi connectivity index (χ0n) is 11.6. The van der Waals surface area contributed by atoms with Gasteiger partial charge in [0, 0.05) is 11.6 Å². The number of rotatable bonds is 2. The number of nitrogens with zero attached hydrogens (tertiary/aromatic N) is 3. The van der Waals surface area contributed by atoms with Gasteiger partial charge in [-0.2, -0.15) is 0 Å². The molecule has 0 atom stereocenters. The van der Waals surface area contributed by atoms with Crippen LogP contribution in [0.5, 0.6) is 0 Å². The van der Waals surface area contributed by atoms with Gasteiger partial charge in [-0.1, -0.05) is 36.9 Å². The molecule has 2 N–H and O–H groups in total. The Morgan fingerprint density at radius 3 is 2.70 bits per heavy atom. The molecule has 3 rings (SSSR count). The number of anilines is 1. The van der Waals surface area contributed by atoms with E-state index in [2.05, 4.69) is 14.8 Å². The molecule has 1 aromatic carbocycles. The molecule has 0 saturated heterocycles. The first-order valence-electron chi connectivity index (χ1n) is 7.14. The van der Waals surface area contributed by atoms with Gasteiger partial charge in [0.25, 0.3) is 0 Å². The van der Waals surface area contributed by atoms with Crippen molar-refractivity contribution in [3.8, 4) is 11.4 Å². The average Bonchev–Trinajstić information content (AvgIpc) is 2.84. The molecule has 0 bridgehead atoms. The van der Waals surface area contributed by atoms with E-state index in [4.69, 9.17) is 17.3 Å². The van der Waals surface area contributed by atoms with E-state index in [1.807, 2.05) is 19.1 Å². The lowest BCUT2D eigenvalue weighted by Gasteiger charge is -2.25. The minimum atomic E-state index is 0.479. The molecule has 106 valence electrons. The zero-order chi connectivity index (χ0) is 14.1. The van der Waals surface area contributed by atoms with Crippen LogP contribution in [0.2, 0.25) is 5.02 Å². The predicted molar refractivity (Wildman–Crippen MR) is 81.7 cm³/mol. The molecule has 2 aromatic rings. The molecule has 1 fully saturated rings. The summed E-state index contributed by atoms with van der Waals surface area (Å²) >= 11 is 6.13. The first kappa shape index (κ1) is 13.4. The van der Waals surface area contributed by atoms with Crippen LogP contribution in [-0.4, -0.2) is 14.8 Å². The summed E-state index contributed by atoms with van der Waals surface area (Å²) in [5.41, 5.74) is 7.57. The lowest BCUT2D eigenvalue weighted by atomic mass is 9.95. The third kappa shape index (κ3) is 2.29. The van der Waals surface area contributed by atoms with Crippen LogP contribution in [0.3, 0.4) is 0 Å². The van der Waals surface area contributed by atoms with Crippen molar-refractivity contribution < 1.29 is 0 Å². The van der Waals surface area contributed by atoms with Crippen LogP contribution in [-0.2, 0) is 0 Å². The van der Waals surface area contributed by atoms with Gasteiger partial charge in [-0.3, -0.25) is 0 Å². The maximum Gasteiger partial charge on any atom is 0.166 e. The third-order valence-corrected chi connectivity index (χ3v) is 4.43. The molecule has 0 radical (unpaired) electrons. The highest BCUT2D eigenvalue weighted by Gasteiger charge is 2.23. The Bertz CT molecular complexity index is 614. The van der Waals surface area contributed by atoms with E-state index in [1.165, 1.54) is 32.1 Å². The number of nitrogens with two attached hydrogens (primary N) is 1. The van der Waals surface area contributed by atoms with Crippen molar-refractivity contribution in [2.45, 2.75) is 45.1 Å². The minimum absolute atomic E-state index is 0.479. The summed E-state index contributed by atoms with van der Waals surface area (Å²) in [5, 5.41) is 9.16. The SMILES string of the molecule is Cc1nnc(-c2cccc(Cl)c2N)n1C1CCCCC1. The van der Waals surface area contributed by atoms with Crippen molar-refractivity contribution in [1.29, 1.82) is 0 Å². The molecule has 1 aliphatic rings. The van der Waals surface area contributed by atoms with E-state index in [-0.39, 0.29) is 0 Å². The van der Waals surface area contributed by atoms with E-state index in [0.29, 0.717) is 16.8 Å². The van der Waals surface area contributed by atoms with Crippen LogP contribution >= 0.6 is 11.6 Å². The topological polar surface area (TPSA) is 56.7 Å². The number of para-hydroxylation sites is 1. The number of hydrogen-bond donors (Lipinski definition) is 1. The first-order chi connectivity index (χ1) is 9.68. The lowest BCUT2D eigenvalue weighted by molar-refractivity contribution is 0.350. The quantitative estimate of drug-likeness (QED) is 0.851. The molecule has 0 aliphatic heterocycles. The smallest absolute Gasteiger partial charge is 0.166 e. The number of aromatic nitrogens is 3. The molecule has 0 unspecified atom stereocenters. The van der Waals surface area contributed by atoms with Gasteiger partial charge in [0.1, 0.15) is 5.82 Å². The Kier molecular flexibility index (Phi) is 3.66. The lowest BCUT2D eigenvalue weighted by Crippen LogP contribution is -2.15. The Hall–Kier alpha value is -1.55. The summed E-state index contributed by atoms with van der Waals surface area (Å²) in [6.45, 7) is 2.01. The second-order valence-electron chi connectivity index (χ2n) is 5.43. The van der Waals surface area contributed by atoms with Crippen molar-refractivity contribution in [3.05, 3.63) is 29.0 Å². The van der Waals surface area contributed by atoms with E-state index < -0.39 is 0 Å². The molecule has 1 aromatic heterocycles. The van der Waals surface area contributed by atoms with Crippen molar-refractivity contribution in [3.63, 3.8) is 0 Å². The average molecular weight is 291 g/mol. The second-order valence-corrected chi connectivity index (χ2v) is 5.84. The summed E-state index contributed by atoms with van der Waals surface area (Å²) in [6.07, 6.45) is 6.24. The van der Waals surface area contributed by atoms with E-state index in [1.54, 1.807) is 6.07 Å². The fourth-order valence-electron chi connectivity index (χ4n) is 3.06. The Morgan fingerprint density at radius 1 is 1.20 bits per heavy atom. The van der Waals surface area contributed by atoms with Crippen molar-refractivity contribution in [2.75, 3.05) is 5.73 Å². The van der Waals surface area contributed by atoms with Gasteiger partial charge in [0.2, 0.25) is 0 Å². The molecular weight excluding hydrogens is 272 g/mol. The molecular formula is C15H19ClN4. The summed E-state index contributed by atoms with van der Waals surface area (Å²) in [5.74, 6) is 1.79. The summed E-state index contributed by atoms with van der Waals surface area (Å²) in [6, 6.07) is 6.15. The highest BCUT2D eigenvalue weighted by Crippen LogP contribution is 2.36. The molecule has 4 nitrogen and oxygen atoms in total. The maximum absolute atomic E-state index is 6.13. The van der Waals surface area contributed by atoms with Crippen molar-refractivity contribution in [2.24, 2.45) is 0 Å². The normalized spacial score (nSPS) is 16.5. The van der Waals surface area contributed by atoms with Gasteiger partial charge < -0.3 is 10.3 Å². The molecule has 1 heterocycles. The first-order valence-corrected chi connectivity index (χ1v) is 7.52. The second kappa shape index (κ2) is 5.44. The highest BCUT2D eigenvalue weighted by atomic mass is 35.5. The zero-order valence-corrected chi connectivity index (χ0v) is 12.4. The van der Waals surface area contributed by atoms with E-state index in [0.717, 1.165) is 17.2 Å². The molecule has 0 amide bonds. The highest BCUT2D eigenvalue weighted by molar-refractivity contribution is 6.33. The Balaban J connectivity index is 2.08. The van der Waals surface area contributed by atoms with Crippen LogP contribution in [0.1, 0.15) is 44.0 Å². The predicted octanol–water partition coefficient (Wildman–Crippen LogP) is 3.99. The Morgan fingerprint density at radius 2 is 1.95 bits per heavy atom. The largest absolute Gasteiger partial charge is 0.397 e. The fraction of sp³-hybridized carbons (Fsp3) is 0.467. The van der Waals surface area contributed by atoms with Gasteiger partial charge >= 0.3 is 0 Å². The Labute approximate surface area is 124 Å². The van der Waals surface area contributed by atoms with Crippen LogP contribution < -0.4 is 5.73 Å². The van der Waals surface area contributed by atoms with E-state index in [9.17, 15) is 0 Å². The van der Waals surface area contributed by atoms with Crippen LogP contribution in [0.4, 0.5) is 5.69 Å². The summed E-state index contributed by atoms with van der Waals surface area (Å²) in [7, 11) is 0. The summed E-state index contributed by atoms with van der Waals surface area (Å²) < 4.78 is 2.24. The number of halogens is 1. The number of hydrogen-bond acceptors (Lipinski definition) is 3. The standard InChI is InChI=1S/C15H19ClN4/c1-10-18-19-15(12-8-5-9-13(16)14(12)17)20(10)11-6-3-2-4-7-11/h5,8-9,11H,2-4,6-7,17H2,1H3. The van der Waals surface area contributed by atoms with Crippen LogP contribution in [0.25, 0.3) is 11.4 Å². The van der Waals surface area contributed by atoms with E-state index >= 15 is 0 Å². The molecule has 0 spiro atoms. The number of benzene rings is 1. The van der Waals surface area contributed by atoms with Crippen molar-refractivity contribution >= 4 is 17.3 Å². The fourth-order valence-corrected chi connectivity index (χ4v) is 3.24. The van der Waals surface area contributed by atoms with Gasteiger partial charge in [-0.15, -0.1) is 10.2 Å². The molecule has 1 saturated carbocycles. The van der Waals surface area contributed by atoms with Crippen molar-refractivity contribution in [1.82, 2.24) is 14.8 Å². The van der Waals surface area contributed by atoms with Crippen LogP contribution in [0.15, 0.2) is 18.2 Å². The number of aryl methyl sites for hydroxylation is 1. The minimum Gasteiger partial charge on any atom is -0.397 e. The van der Waals surface area contributed by atoms with Gasteiger partial charge in [-0.05, 0) is 31.9 Å². The molecule has 20 heavy (non-hydrogen) atoms. The van der Waals surface area contributed by atoms with Crippen LogP contribution in [0, 0.1) is 6.92 Å². The molecule has 5 heteroatoms.